The first kappa shape index (κ1) is 21.1. The normalized spacial score (nSPS) is 19.7. The number of hydrogen-bond donors (Lipinski definition) is 0. The molecule has 8 heteroatoms. The number of nitrogens with zero attached hydrogens (tertiary/aromatic N) is 4. The van der Waals surface area contributed by atoms with E-state index in [1.807, 2.05) is 14.5 Å². The summed E-state index contributed by atoms with van der Waals surface area (Å²) < 4.78 is 20.6. The largest absolute Gasteiger partial charge is 0.378 e. The predicted octanol–water partition coefficient (Wildman–Crippen LogP) is 2.60. The van der Waals surface area contributed by atoms with Gasteiger partial charge in [0.2, 0.25) is 5.91 Å². The van der Waals surface area contributed by atoms with E-state index >= 15 is 0 Å². The van der Waals surface area contributed by atoms with Gasteiger partial charge >= 0.3 is 0 Å². The highest BCUT2D eigenvalue weighted by Crippen LogP contribution is 2.29. The lowest BCUT2D eigenvalue weighted by Gasteiger charge is -2.35. The zero-order valence-corrected chi connectivity index (χ0v) is 18.3. The van der Waals surface area contributed by atoms with Crippen molar-refractivity contribution in [1.29, 1.82) is 0 Å². The summed E-state index contributed by atoms with van der Waals surface area (Å²) >= 11 is 0. The SMILES string of the molecule is O=C(c1nn(-c2ccc(F)cc2)c2c1CCCC2)N1CCC(C(=O)N2CCOCC2)CC1. The number of morpholine rings is 1. The minimum absolute atomic E-state index is 0.0252. The summed E-state index contributed by atoms with van der Waals surface area (Å²) in [5.41, 5.74) is 3.38. The van der Waals surface area contributed by atoms with Crippen LogP contribution < -0.4 is 0 Å². The van der Waals surface area contributed by atoms with Crippen molar-refractivity contribution in [2.24, 2.45) is 5.92 Å². The molecule has 3 heterocycles. The number of halogens is 1. The summed E-state index contributed by atoms with van der Waals surface area (Å²) in [6.07, 6.45) is 5.17. The minimum atomic E-state index is -0.291. The van der Waals surface area contributed by atoms with E-state index in [1.54, 1.807) is 12.1 Å². The van der Waals surface area contributed by atoms with E-state index in [1.165, 1.54) is 12.1 Å². The van der Waals surface area contributed by atoms with Gasteiger partial charge in [-0.2, -0.15) is 5.10 Å². The molecule has 2 aliphatic heterocycles. The fraction of sp³-hybridized carbons (Fsp3) is 0.542. The summed E-state index contributed by atoms with van der Waals surface area (Å²) in [4.78, 5) is 30.0. The zero-order valence-electron chi connectivity index (χ0n) is 18.3. The number of carbonyl (C=O) groups is 2. The Balaban J connectivity index is 1.31. The van der Waals surface area contributed by atoms with Gasteiger partial charge in [-0.15, -0.1) is 0 Å². The molecule has 0 unspecified atom stereocenters. The van der Waals surface area contributed by atoms with Gasteiger partial charge in [-0.05, 0) is 62.8 Å². The van der Waals surface area contributed by atoms with Crippen molar-refractivity contribution < 1.29 is 18.7 Å². The maximum absolute atomic E-state index is 13.4. The van der Waals surface area contributed by atoms with Crippen LogP contribution in [0.2, 0.25) is 0 Å². The lowest BCUT2D eigenvalue weighted by molar-refractivity contribution is -0.141. The highest BCUT2D eigenvalue weighted by Gasteiger charge is 2.34. The fourth-order valence-corrected chi connectivity index (χ4v) is 5.09. The van der Waals surface area contributed by atoms with Crippen LogP contribution >= 0.6 is 0 Å². The first-order valence-corrected chi connectivity index (χ1v) is 11.6. The maximum atomic E-state index is 13.4. The van der Waals surface area contributed by atoms with Crippen LogP contribution in [-0.4, -0.2) is 70.8 Å². The van der Waals surface area contributed by atoms with E-state index in [2.05, 4.69) is 0 Å². The first-order valence-electron chi connectivity index (χ1n) is 11.6. The molecule has 3 aliphatic rings. The average Bonchev–Trinajstić information content (AvgIpc) is 3.24. The fourth-order valence-electron chi connectivity index (χ4n) is 5.09. The standard InChI is InChI=1S/C24H29FN4O3/c25-18-5-7-19(8-6-18)29-21-4-2-1-3-20(21)22(26-29)24(31)27-11-9-17(10-12-27)23(30)28-13-15-32-16-14-28/h5-8,17H,1-4,9-16H2. The second-order valence-electron chi connectivity index (χ2n) is 8.87. The molecule has 5 rings (SSSR count). The molecule has 32 heavy (non-hydrogen) atoms. The lowest BCUT2D eigenvalue weighted by atomic mass is 9.93. The molecular weight excluding hydrogens is 411 g/mol. The highest BCUT2D eigenvalue weighted by molar-refractivity contribution is 5.94. The van der Waals surface area contributed by atoms with Crippen LogP contribution in [0, 0.1) is 11.7 Å². The number of amides is 2. The third kappa shape index (κ3) is 4.03. The molecule has 0 atom stereocenters. The first-order chi connectivity index (χ1) is 15.6. The van der Waals surface area contributed by atoms with Gasteiger partial charge in [-0.25, -0.2) is 9.07 Å². The number of benzene rings is 1. The molecule has 170 valence electrons. The van der Waals surface area contributed by atoms with Crippen molar-refractivity contribution in [2.45, 2.75) is 38.5 Å². The Labute approximate surface area is 187 Å². The van der Waals surface area contributed by atoms with Crippen molar-refractivity contribution in [1.82, 2.24) is 19.6 Å². The second kappa shape index (κ2) is 9.02. The molecule has 0 saturated carbocycles. The number of piperidine rings is 1. The van der Waals surface area contributed by atoms with Gasteiger partial charge < -0.3 is 14.5 Å². The van der Waals surface area contributed by atoms with Crippen LogP contribution in [0.4, 0.5) is 4.39 Å². The van der Waals surface area contributed by atoms with Crippen LogP contribution in [0.25, 0.3) is 5.69 Å². The third-order valence-corrected chi connectivity index (χ3v) is 6.91. The van der Waals surface area contributed by atoms with E-state index in [0.717, 1.165) is 42.6 Å². The predicted molar refractivity (Wildman–Crippen MR) is 116 cm³/mol. The van der Waals surface area contributed by atoms with E-state index in [-0.39, 0.29) is 23.5 Å². The van der Waals surface area contributed by atoms with Crippen LogP contribution in [-0.2, 0) is 22.4 Å². The van der Waals surface area contributed by atoms with E-state index in [9.17, 15) is 14.0 Å². The number of aromatic nitrogens is 2. The molecule has 2 fully saturated rings. The maximum Gasteiger partial charge on any atom is 0.274 e. The quantitative estimate of drug-likeness (QED) is 0.736. The number of carbonyl (C=O) groups excluding carboxylic acids is 2. The van der Waals surface area contributed by atoms with Gasteiger partial charge in [0.25, 0.3) is 5.91 Å². The minimum Gasteiger partial charge on any atom is -0.378 e. The zero-order chi connectivity index (χ0) is 22.1. The smallest absolute Gasteiger partial charge is 0.274 e. The van der Waals surface area contributed by atoms with Gasteiger partial charge in [0.1, 0.15) is 5.82 Å². The summed E-state index contributed by atoms with van der Waals surface area (Å²) in [7, 11) is 0. The molecule has 1 aromatic heterocycles. The Morgan fingerprint density at radius 3 is 2.34 bits per heavy atom. The van der Waals surface area contributed by atoms with Crippen LogP contribution in [0.3, 0.4) is 0 Å². The highest BCUT2D eigenvalue weighted by atomic mass is 19.1. The Morgan fingerprint density at radius 1 is 0.938 bits per heavy atom. The Morgan fingerprint density at radius 2 is 1.62 bits per heavy atom. The molecule has 0 spiro atoms. The summed E-state index contributed by atoms with van der Waals surface area (Å²) in [5, 5.41) is 4.71. The summed E-state index contributed by atoms with van der Waals surface area (Å²) in [6, 6.07) is 6.25. The topological polar surface area (TPSA) is 67.7 Å². The Bertz CT molecular complexity index is 989. The van der Waals surface area contributed by atoms with Crippen LogP contribution in [0.5, 0.6) is 0 Å². The summed E-state index contributed by atoms with van der Waals surface area (Å²) in [5.74, 6) is -0.178. The van der Waals surface area contributed by atoms with Crippen molar-refractivity contribution >= 4 is 11.8 Å². The monoisotopic (exact) mass is 440 g/mol. The number of likely N-dealkylation sites (tertiary alicyclic amines) is 1. The number of rotatable bonds is 3. The lowest BCUT2D eigenvalue weighted by Crippen LogP contribution is -2.47. The number of hydrogen-bond acceptors (Lipinski definition) is 4. The average molecular weight is 441 g/mol. The summed E-state index contributed by atoms with van der Waals surface area (Å²) in [6.45, 7) is 3.65. The number of fused-ring (bicyclic) bond motifs is 1. The molecule has 7 nitrogen and oxygen atoms in total. The van der Waals surface area contributed by atoms with Gasteiger partial charge in [0, 0.05) is 43.4 Å². The molecule has 2 amide bonds. The second-order valence-corrected chi connectivity index (χ2v) is 8.87. The van der Waals surface area contributed by atoms with Crippen LogP contribution in [0.1, 0.15) is 47.4 Å². The molecule has 0 radical (unpaired) electrons. The molecular formula is C24H29FN4O3. The molecule has 1 aliphatic carbocycles. The molecule has 0 bridgehead atoms. The van der Waals surface area contributed by atoms with Crippen molar-refractivity contribution in [3.63, 3.8) is 0 Å². The number of ether oxygens (including phenoxy) is 1. The van der Waals surface area contributed by atoms with Gasteiger partial charge in [-0.1, -0.05) is 0 Å². The van der Waals surface area contributed by atoms with Crippen LogP contribution in [0.15, 0.2) is 24.3 Å². The molecule has 0 N–H and O–H groups in total. The third-order valence-electron chi connectivity index (χ3n) is 6.91. The van der Waals surface area contributed by atoms with E-state index < -0.39 is 0 Å². The van der Waals surface area contributed by atoms with Crippen molar-refractivity contribution in [2.75, 3.05) is 39.4 Å². The van der Waals surface area contributed by atoms with Gasteiger partial charge in [-0.3, -0.25) is 9.59 Å². The van der Waals surface area contributed by atoms with Gasteiger partial charge in [0.05, 0.1) is 18.9 Å². The molecule has 1 aromatic carbocycles. The van der Waals surface area contributed by atoms with Gasteiger partial charge in [0.15, 0.2) is 5.69 Å². The Hall–Kier alpha value is -2.74. The van der Waals surface area contributed by atoms with Crippen molar-refractivity contribution in [3.8, 4) is 5.69 Å². The van der Waals surface area contributed by atoms with E-state index in [4.69, 9.17) is 9.84 Å². The van der Waals surface area contributed by atoms with E-state index in [0.29, 0.717) is 57.9 Å². The molecule has 2 aromatic rings. The Kier molecular flexibility index (Phi) is 5.95. The molecule has 2 saturated heterocycles. The van der Waals surface area contributed by atoms with Crippen molar-refractivity contribution in [3.05, 3.63) is 47.0 Å².